The molecule has 1 fully saturated rings. The first kappa shape index (κ1) is 14.4. The lowest BCUT2D eigenvalue weighted by molar-refractivity contribution is -0.109. The highest BCUT2D eigenvalue weighted by Gasteiger charge is 2.51. The Morgan fingerprint density at radius 2 is 2.00 bits per heavy atom. The third-order valence-electron chi connectivity index (χ3n) is 3.63. The maximum Gasteiger partial charge on any atom is 0.407 e. The van der Waals surface area contributed by atoms with Crippen molar-refractivity contribution in [2.75, 3.05) is 12.3 Å². The van der Waals surface area contributed by atoms with E-state index in [-0.39, 0.29) is 10.5 Å². The van der Waals surface area contributed by atoms with Crippen molar-refractivity contribution >= 4 is 23.0 Å². The van der Waals surface area contributed by atoms with Gasteiger partial charge in [0.25, 0.3) is 0 Å². The lowest BCUT2D eigenvalue weighted by atomic mass is 9.73. The van der Waals surface area contributed by atoms with Crippen LogP contribution in [0.2, 0.25) is 0 Å². The average Bonchev–Trinajstić information content (AvgIpc) is 2.58. The Kier molecular flexibility index (Phi) is 4.12. The summed E-state index contributed by atoms with van der Waals surface area (Å²) in [6, 6.07) is 0. The molecule has 1 aliphatic heterocycles. The molecule has 98 valence electrons. The van der Waals surface area contributed by atoms with Gasteiger partial charge in [-0.3, -0.25) is 4.79 Å². The number of amides is 1. The quantitative estimate of drug-likeness (QED) is 0.828. The topological polar surface area (TPSA) is 57.6 Å². The molecule has 5 heteroatoms. The average molecular weight is 259 g/mol. The molecule has 1 unspecified atom stereocenters. The Bertz CT molecular complexity index is 324. The molecule has 1 saturated heterocycles. The van der Waals surface area contributed by atoms with Crippen LogP contribution in [0.25, 0.3) is 0 Å². The summed E-state index contributed by atoms with van der Waals surface area (Å²) in [5.74, 6) is 0.554. The lowest BCUT2D eigenvalue weighted by Crippen LogP contribution is -2.57. The first-order chi connectivity index (χ1) is 7.71. The molecular weight excluding hydrogens is 238 g/mol. The van der Waals surface area contributed by atoms with Crippen LogP contribution in [-0.2, 0) is 4.79 Å². The van der Waals surface area contributed by atoms with E-state index in [2.05, 4.69) is 20.8 Å². The zero-order valence-corrected chi connectivity index (χ0v) is 11.8. The van der Waals surface area contributed by atoms with Crippen LogP contribution in [0.4, 0.5) is 4.79 Å². The molecule has 1 rings (SSSR count). The van der Waals surface area contributed by atoms with Gasteiger partial charge in [-0.05, 0) is 18.3 Å². The van der Waals surface area contributed by atoms with Gasteiger partial charge in [0.1, 0.15) is 0 Å². The van der Waals surface area contributed by atoms with E-state index in [1.807, 2.05) is 0 Å². The Labute approximate surface area is 107 Å². The number of hydrogen-bond donors (Lipinski definition) is 1. The molecule has 1 aliphatic rings. The van der Waals surface area contributed by atoms with Gasteiger partial charge < -0.3 is 10.0 Å². The molecule has 0 spiro atoms. The molecule has 0 aromatic carbocycles. The van der Waals surface area contributed by atoms with Crippen molar-refractivity contribution in [1.29, 1.82) is 0 Å². The van der Waals surface area contributed by atoms with E-state index in [4.69, 9.17) is 0 Å². The molecular formula is C12H21NO3S. The van der Waals surface area contributed by atoms with E-state index in [1.54, 1.807) is 0 Å². The van der Waals surface area contributed by atoms with Crippen LogP contribution in [0.3, 0.4) is 0 Å². The minimum absolute atomic E-state index is 0.0471. The van der Waals surface area contributed by atoms with Gasteiger partial charge in [-0.15, -0.1) is 0 Å². The van der Waals surface area contributed by atoms with Gasteiger partial charge in [-0.25, -0.2) is 4.79 Å². The lowest BCUT2D eigenvalue weighted by Gasteiger charge is -2.46. The SMILES string of the molecule is CC(=O)SCC1(C(C)(C)C)CCCN1C(=O)O. The normalized spacial score (nSPS) is 25.1. The molecule has 4 nitrogen and oxygen atoms in total. The smallest absolute Gasteiger partial charge is 0.407 e. The largest absolute Gasteiger partial charge is 0.465 e. The number of carbonyl (C=O) groups excluding carboxylic acids is 1. The molecule has 0 aliphatic carbocycles. The predicted molar refractivity (Wildman–Crippen MR) is 69.3 cm³/mol. The van der Waals surface area contributed by atoms with Crippen molar-refractivity contribution in [3.63, 3.8) is 0 Å². The van der Waals surface area contributed by atoms with E-state index in [0.29, 0.717) is 12.3 Å². The third kappa shape index (κ3) is 2.76. The van der Waals surface area contributed by atoms with Crippen LogP contribution in [-0.4, -0.2) is 39.1 Å². The monoisotopic (exact) mass is 259 g/mol. The number of hydrogen-bond acceptors (Lipinski definition) is 3. The first-order valence-corrected chi connectivity index (χ1v) is 6.83. The number of carbonyl (C=O) groups is 2. The second-order valence-electron chi connectivity index (χ2n) is 5.60. The van der Waals surface area contributed by atoms with Crippen molar-refractivity contribution in [2.24, 2.45) is 5.41 Å². The van der Waals surface area contributed by atoms with Gasteiger partial charge in [0.2, 0.25) is 0 Å². The highest BCUT2D eigenvalue weighted by molar-refractivity contribution is 8.13. The fraction of sp³-hybridized carbons (Fsp3) is 0.833. The van der Waals surface area contributed by atoms with E-state index in [9.17, 15) is 14.7 Å². The maximum atomic E-state index is 11.3. The number of thioether (sulfide) groups is 1. The van der Waals surface area contributed by atoms with Crippen LogP contribution in [0.15, 0.2) is 0 Å². The fourth-order valence-electron chi connectivity index (χ4n) is 2.52. The van der Waals surface area contributed by atoms with E-state index >= 15 is 0 Å². The van der Waals surface area contributed by atoms with Gasteiger partial charge in [0.15, 0.2) is 5.12 Å². The minimum Gasteiger partial charge on any atom is -0.465 e. The Balaban J connectivity index is 3.01. The number of rotatable bonds is 2. The molecule has 1 amide bonds. The third-order valence-corrected chi connectivity index (χ3v) is 4.66. The van der Waals surface area contributed by atoms with Crippen molar-refractivity contribution in [2.45, 2.75) is 46.1 Å². The number of nitrogens with zero attached hydrogens (tertiary/aromatic N) is 1. The van der Waals surface area contributed by atoms with Crippen molar-refractivity contribution in [3.05, 3.63) is 0 Å². The first-order valence-electron chi connectivity index (χ1n) is 5.85. The highest BCUT2D eigenvalue weighted by Crippen LogP contribution is 2.45. The second-order valence-corrected chi connectivity index (χ2v) is 6.75. The number of carboxylic acid groups (broad SMARTS) is 1. The standard InChI is InChI=1S/C12H21NO3S/c1-9(14)17-8-12(11(2,3)4)6-5-7-13(12)10(15)16/h5-8H2,1-4H3,(H,15,16). The van der Waals surface area contributed by atoms with Gasteiger partial charge in [0.05, 0.1) is 5.54 Å². The summed E-state index contributed by atoms with van der Waals surface area (Å²) < 4.78 is 0. The van der Waals surface area contributed by atoms with Crippen LogP contribution in [0.5, 0.6) is 0 Å². The van der Waals surface area contributed by atoms with Gasteiger partial charge >= 0.3 is 6.09 Å². The van der Waals surface area contributed by atoms with Crippen molar-refractivity contribution in [3.8, 4) is 0 Å². The van der Waals surface area contributed by atoms with Crippen LogP contribution in [0, 0.1) is 5.41 Å². The molecule has 0 bridgehead atoms. The highest BCUT2D eigenvalue weighted by atomic mass is 32.2. The molecule has 1 heterocycles. The van der Waals surface area contributed by atoms with E-state index in [1.165, 1.54) is 23.6 Å². The summed E-state index contributed by atoms with van der Waals surface area (Å²) in [7, 11) is 0. The summed E-state index contributed by atoms with van der Waals surface area (Å²) in [4.78, 5) is 24.0. The summed E-state index contributed by atoms with van der Waals surface area (Å²) in [5.41, 5.74) is -0.584. The second kappa shape index (κ2) is 4.88. The molecule has 0 radical (unpaired) electrons. The Morgan fingerprint density at radius 1 is 1.41 bits per heavy atom. The zero-order chi connectivity index (χ0) is 13.3. The summed E-state index contributed by atoms with van der Waals surface area (Å²) in [5, 5.41) is 9.36. The predicted octanol–water partition coefficient (Wildman–Crippen LogP) is 2.82. The van der Waals surface area contributed by atoms with Crippen LogP contribution in [0.1, 0.15) is 40.5 Å². The van der Waals surface area contributed by atoms with Crippen LogP contribution >= 0.6 is 11.8 Å². The summed E-state index contributed by atoms with van der Waals surface area (Å²) in [6.45, 7) is 8.25. The van der Waals surface area contributed by atoms with Gasteiger partial charge in [0, 0.05) is 19.2 Å². The number of likely N-dealkylation sites (tertiary alicyclic amines) is 1. The maximum absolute atomic E-state index is 11.3. The molecule has 17 heavy (non-hydrogen) atoms. The molecule has 1 atom stereocenters. The summed E-state index contributed by atoms with van der Waals surface area (Å²) in [6.07, 6.45) is 0.840. The van der Waals surface area contributed by atoms with Gasteiger partial charge in [-0.2, -0.15) is 0 Å². The minimum atomic E-state index is -0.874. The van der Waals surface area contributed by atoms with Crippen molar-refractivity contribution in [1.82, 2.24) is 4.90 Å². The zero-order valence-electron chi connectivity index (χ0n) is 10.9. The Morgan fingerprint density at radius 3 is 2.41 bits per heavy atom. The molecule has 0 aromatic rings. The molecule has 1 N–H and O–H groups in total. The fourth-order valence-corrected chi connectivity index (χ4v) is 3.70. The molecule has 0 saturated carbocycles. The van der Waals surface area contributed by atoms with Crippen molar-refractivity contribution < 1.29 is 14.7 Å². The van der Waals surface area contributed by atoms with Gasteiger partial charge in [-0.1, -0.05) is 32.5 Å². The summed E-state index contributed by atoms with van der Waals surface area (Å²) >= 11 is 1.23. The molecule has 0 aromatic heterocycles. The van der Waals surface area contributed by atoms with Crippen LogP contribution < -0.4 is 0 Å². The van der Waals surface area contributed by atoms with E-state index in [0.717, 1.165) is 12.8 Å². The Hall–Kier alpha value is -0.710. The van der Waals surface area contributed by atoms with E-state index < -0.39 is 11.6 Å².